The highest BCUT2D eigenvalue weighted by molar-refractivity contribution is 7.89. The normalized spacial score (nSPS) is 31.8. The van der Waals surface area contributed by atoms with E-state index in [1.54, 1.807) is 18.2 Å². The molecular formula is C12H20N4O2S. The van der Waals surface area contributed by atoms with Gasteiger partial charge in [0.05, 0.1) is 11.4 Å². The zero-order chi connectivity index (χ0) is 13.8. The number of H-pyrrole nitrogens is 1. The molecule has 0 aromatic carbocycles. The highest BCUT2D eigenvalue weighted by Crippen LogP contribution is 2.37. The Bertz CT molecular complexity index is 575. The summed E-state index contributed by atoms with van der Waals surface area (Å²) in [5, 5.41) is 10.1. The first-order valence-corrected chi connectivity index (χ1v) is 8.12. The van der Waals surface area contributed by atoms with Crippen molar-refractivity contribution >= 4 is 10.0 Å². The lowest BCUT2D eigenvalue weighted by Gasteiger charge is -2.26. The first kappa shape index (κ1) is 13.1. The quantitative estimate of drug-likeness (QED) is 0.824. The second-order valence-electron chi connectivity index (χ2n) is 5.67. The minimum absolute atomic E-state index is 0.0656. The molecule has 6 nitrogen and oxygen atoms in total. The number of nitrogens with zero attached hydrogens (tertiary/aromatic N) is 2. The van der Waals surface area contributed by atoms with Crippen LogP contribution in [0.3, 0.4) is 0 Å². The van der Waals surface area contributed by atoms with Gasteiger partial charge in [0.25, 0.3) is 0 Å². The third-order valence-electron chi connectivity index (χ3n) is 4.31. The van der Waals surface area contributed by atoms with Gasteiger partial charge in [-0.15, -0.1) is 0 Å². The summed E-state index contributed by atoms with van der Waals surface area (Å²) >= 11 is 0. The van der Waals surface area contributed by atoms with E-state index in [0.717, 1.165) is 19.5 Å². The maximum absolute atomic E-state index is 12.9. The van der Waals surface area contributed by atoms with Crippen molar-refractivity contribution in [3.05, 3.63) is 11.4 Å². The van der Waals surface area contributed by atoms with Gasteiger partial charge in [-0.3, -0.25) is 5.10 Å². The molecule has 0 spiro atoms. The largest absolute Gasteiger partial charge is 0.315 e. The van der Waals surface area contributed by atoms with Crippen molar-refractivity contribution in [1.82, 2.24) is 19.8 Å². The fourth-order valence-electron chi connectivity index (χ4n) is 3.57. The minimum Gasteiger partial charge on any atom is -0.315 e. The van der Waals surface area contributed by atoms with Crippen molar-refractivity contribution in [2.24, 2.45) is 5.92 Å². The summed E-state index contributed by atoms with van der Waals surface area (Å²) in [6.45, 7) is 7.18. The van der Waals surface area contributed by atoms with Crippen LogP contribution < -0.4 is 5.32 Å². The van der Waals surface area contributed by atoms with Gasteiger partial charge >= 0.3 is 0 Å². The summed E-state index contributed by atoms with van der Waals surface area (Å²) < 4.78 is 27.6. The van der Waals surface area contributed by atoms with Crippen molar-refractivity contribution in [2.45, 2.75) is 44.2 Å². The molecule has 1 aromatic rings. The predicted molar refractivity (Wildman–Crippen MR) is 71.3 cm³/mol. The van der Waals surface area contributed by atoms with E-state index in [9.17, 15) is 8.42 Å². The summed E-state index contributed by atoms with van der Waals surface area (Å²) in [5.74, 6) is 0.442. The monoisotopic (exact) mass is 284 g/mol. The van der Waals surface area contributed by atoms with Gasteiger partial charge in [-0.1, -0.05) is 0 Å². The van der Waals surface area contributed by atoms with E-state index in [1.807, 2.05) is 6.92 Å². The number of rotatable bonds is 2. The Kier molecular flexibility index (Phi) is 2.95. The molecule has 3 rings (SSSR count). The Balaban J connectivity index is 2.05. The number of hydrogen-bond donors (Lipinski definition) is 2. The number of aryl methyl sites for hydroxylation is 2. The molecule has 0 radical (unpaired) electrons. The van der Waals surface area contributed by atoms with E-state index < -0.39 is 10.0 Å². The molecule has 19 heavy (non-hydrogen) atoms. The Morgan fingerprint density at radius 3 is 2.68 bits per heavy atom. The smallest absolute Gasteiger partial charge is 0.247 e. The highest BCUT2D eigenvalue weighted by atomic mass is 32.2. The molecule has 2 saturated heterocycles. The molecule has 0 saturated carbocycles. The third-order valence-corrected chi connectivity index (χ3v) is 6.61. The number of sulfonamides is 1. The predicted octanol–water partition coefficient (Wildman–Crippen LogP) is 0.397. The zero-order valence-corrected chi connectivity index (χ0v) is 12.3. The Morgan fingerprint density at radius 1 is 1.32 bits per heavy atom. The van der Waals surface area contributed by atoms with Gasteiger partial charge in [0.15, 0.2) is 0 Å². The maximum Gasteiger partial charge on any atom is 0.247 e. The van der Waals surface area contributed by atoms with E-state index in [2.05, 4.69) is 15.5 Å². The molecular weight excluding hydrogens is 264 g/mol. The summed E-state index contributed by atoms with van der Waals surface area (Å²) in [6.07, 6.45) is 0.937. The average molecular weight is 284 g/mol. The summed E-state index contributed by atoms with van der Waals surface area (Å²) in [7, 11) is -3.46. The standard InChI is InChI=1S/C12H20N4O2S/c1-7-4-10-5-13-6-11(10)16(7)19(17,18)12-8(2)14-15-9(12)3/h7,10-11,13H,4-6H2,1-3H3,(H,14,15). The molecule has 2 aliphatic rings. The van der Waals surface area contributed by atoms with Crippen LogP contribution in [0.5, 0.6) is 0 Å². The van der Waals surface area contributed by atoms with Crippen LogP contribution in [-0.4, -0.2) is 48.1 Å². The number of hydrogen-bond acceptors (Lipinski definition) is 4. The molecule has 2 N–H and O–H groups in total. The second kappa shape index (κ2) is 4.29. The van der Waals surface area contributed by atoms with E-state index in [-0.39, 0.29) is 12.1 Å². The maximum atomic E-state index is 12.9. The van der Waals surface area contributed by atoms with E-state index >= 15 is 0 Å². The van der Waals surface area contributed by atoms with Gasteiger partial charge in [0.1, 0.15) is 4.90 Å². The molecule has 7 heteroatoms. The van der Waals surface area contributed by atoms with Crippen LogP contribution in [-0.2, 0) is 10.0 Å². The molecule has 3 unspecified atom stereocenters. The minimum atomic E-state index is -3.46. The van der Waals surface area contributed by atoms with E-state index in [0.29, 0.717) is 22.2 Å². The fourth-order valence-corrected chi connectivity index (χ4v) is 5.79. The number of fused-ring (bicyclic) bond motifs is 1. The van der Waals surface area contributed by atoms with Crippen LogP contribution in [0.15, 0.2) is 4.90 Å². The van der Waals surface area contributed by atoms with Crippen LogP contribution in [0.4, 0.5) is 0 Å². The van der Waals surface area contributed by atoms with Crippen LogP contribution in [0, 0.1) is 19.8 Å². The van der Waals surface area contributed by atoms with Crippen molar-refractivity contribution < 1.29 is 8.42 Å². The summed E-state index contributed by atoms with van der Waals surface area (Å²) in [6, 6.07) is 0.157. The van der Waals surface area contributed by atoms with Crippen LogP contribution in [0.2, 0.25) is 0 Å². The van der Waals surface area contributed by atoms with Gasteiger partial charge in [-0.2, -0.15) is 9.40 Å². The van der Waals surface area contributed by atoms with Crippen molar-refractivity contribution in [2.75, 3.05) is 13.1 Å². The molecule has 3 atom stereocenters. The molecule has 2 fully saturated rings. The third kappa shape index (κ3) is 1.83. The Labute approximate surface area is 113 Å². The fraction of sp³-hybridized carbons (Fsp3) is 0.750. The van der Waals surface area contributed by atoms with Crippen molar-refractivity contribution in [3.8, 4) is 0 Å². The first-order chi connectivity index (χ1) is 8.93. The SMILES string of the molecule is Cc1n[nH]c(C)c1S(=O)(=O)N1C(C)CC2CNCC21. The van der Waals surface area contributed by atoms with Crippen LogP contribution in [0.1, 0.15) is 24.7 Å². The molecule has 106 valence electrons. The Hall–Kier alpha value is -0.920. The lowest BCUT2D eigenvalue weighted by molar-refractivity contribution is 0.335. The lowest BCUT2D eigenvalue weighted by atomic mass is 10.0. The molecule has 0 amide bonds. The van der Waals surface area contributed by atoms with Gasteiger partial charge in [-0.05, 0) is 39.7 Å². The lowest BCUT2D eigenvalue weighted by Crippen LogP contribution is -2.43. The van der Waals surface area contributed by atoms with Crippen LogP contribution >= 0.6 is 0 Å². The molecule has 0 bridgehead atoms. The zero-order valence-electron chi connectivity index (χ0n) is 11.5. The number of nitrogens with one attached hydrogen (secondary N) is 2. The molecule has 2 aliphatic heterocycles. The molecule has 1 aromatic heterocycles. The highest BCUT2D eigenvalue weighted by Gasteiger charge is 2.48. The first-order valence-electron chi connectivity index (χ1n) is 6.68. The molecule has 3 heterocycles. The number of aromatic amines is 1. The Morgan fingerprint density at radius 2 is 2.05 bits per heavy atom. The second-order valence-corrected chi connectivity index (χ2v) is 7.45. The average Bonchev–Trinajstić information content (AvgIpc) is 2.92. The van der Waals surface area contributed by atoms with Crippen molar-refractivity contribution in [1.29, 1.82) is 0 Å². The van der Waals surface area contributed by atoms with Gasteiger partial charge in [-0.25, -0.2) is 8.42 Å². The summed E-state index contributed by atoms with van der Waals surface area (Å²) in [4.78, 5) is 0.354. The number of aromatic nitrogens is 2. The molecule has 0 aliphatic carbocycles. The van der Waals surface area contributed by atoms with Gasteiger partial charge < -0.3 is 5.32 Å². The van der Waals surface area contributed by atoms with E-state index in [4.69, 9.17) is 0 Å². The van der Waals surface area contributed by atoms with Gasteiger partial charge in [0, 0.05) is 18.6 Å². The topological polar surface area (TPSA) is 78.1 Å². The summed E-state index contributed by atoms with van der Waals surface area (Å²) in [5.41, 5.74) is 1.18. The van der Waals surface area contributed by atoms with E-state index in [1.165, 1.54) is 0 Å². The van der Waals surface area contributed by atoms with Gasteiger partial charge in [0.2, 0.25) is 10.0 Å². The van der Waals surface area contributed by atoms with Crippen LogP contribution in [0.25, 0.3) is 0 Å². The van der Waals surface area contributed by atoms with Crippen molar-refractivity contribution in [3.63, 3.8) is 0 Å².